The lowest BCUT2D eigenvalue weighted by Crippen LogP contribution is -2.33. The number of hydrogen-bond donors (Lipinski definition) is 3. The van der Waals surface area contributed by atoms with Crippen molar-refractivity contribution in [3.05, 3.63) is 106 Å². The number of carbonyl (C=O) groups is 1. The first-order chi connectivity index (χ1) is 20.5. The Kier molecular flexibility index (Phi) is 8.22. The zero-order valence-electron chi connectivity index (χ0n) is 23.3. The topological polar surface area (TPSA) is 129 Å². The Morgan fingerprint density at radius 1 is 1.09 bits per heavy atom. The number of halogens is 3. The number of rotatable bonds is 9. The molecule has 1 unspecified atom stereocenters. The van der Waals surface area contributed by atoms with E-state index in [2.05, 4.69) is 32.0 Å². The lowest BCUT2D eigenvalue weighted by Gasteiger charge is -2.26. The lowest BCUT2D eigenvalue weighted by molar-refractivity contribution is -0.149. The Balaban J connectivity index is 1.58. The molecule has 3 N–H and O–H groups in total. The van der Waals surface area contributed by atoms with E-state index in [1.165, 1.54) is 24.4 Å². The van der Waals surface area contributed by atoms with Crippen molar-refractivity contribution in [2.75, 3.05) is 10.6 Å². The number of nitriles is 1. The molecular weight excluding hydrogens is 592 g/mol. The molecule has 0 aliphatic carbocycles. The highest BCUT2D eigenvalue weighted by atomic mass is 35.5. The van der Waals surface area contributed by atoms with Gasteiger partial charge in [-0.15, -0.1) is 5.10 Å². The highest BCUT2D eigenvalue weighted by Gasteiger charge is 2.36. The number of carboxylic acids is 1. The van der Waals surface area contributed by atoms with Gasteiger partial charge in [0.25, 0.3) is 0 Å². The second-order valence-electron chi connectivity index (χ2n) is 10.6. The fraction of sp³-hybridized carbons (Fsp3) is 0.194. The third-order valence-corrected chi connectivity index (χ3v) is 8.07. The zero-order valence-corrected chi connectivity index (χ0v) is 24.8. The van der Waals surface area contributed by atoms with Crippen molar-refractivity contribution in [2.24, 2.45) is 5.41 Å². The highest BCUT2D eigenvalue weighted by molar-refractivity contribution is 6.36. The molecule has 218 valence electrons. The van der Waals surface area contributed by atoms with Crippen molar-refractivity contribution in [1.29, 1.82) is 5.26 Å². The third kappa shape index (κ3) is 5.95. The van der Waals surface area contributed by atoms with E-state index in [4.69, 9.17) is 23.2 Å². The minimum Gasteiger partial charge on any atom is -0.481 e. The van der Waals surface area contributed by atoms with Crippen molar-refractivity contribution in [3.8, 4) is 6.07 Å². The van der Waals surface area contributed by atoms with Gasteiger partial charge in [-0.05, 0) is 56.7 Å². The van der Waals surface area contributed by atoms with Gasteiger partial charge in [-0.2, -0.15) is 5.26 Å². The van der Waals surface area contributed by atoms with Gasteiger partial charge in [-0.3, -0.25) is 9.78 Å². The fourth-order valence-electron chi connectivity index (χ4n) is 4.54. The summed E-state index contributed by atoms with van der Waals surface area (Å²) in [6.07, 6.45) is 3.14. The zero-order chi connectivity index (χ0) is 30.9. The molecule has 0 aliphatic heterocycles. The number of nitrogens with zero attached hydrogens (tertiary/aromatic N) is 5. The van der Waals surface area contributed by atoms with Crippen molar-refractivity contribution < 1.29 is 14.3 Å². The molecule has 0 aliphatic rings. The summed E-state index contributed by atoms with van der Waals surface area (Å²) < 4.78 is 15.3. The fourth-order valence-corrected chi connectivity index (χ4v) is 4.99. The van der Waals surface area contributed by atoms with E-state index in [-0.39, 0.29) is 10.6 Å². The molecule has 3 aromatic carbocycles. The summed E-state index contributed by atoms with van der Waals surface area (Å²) in [7, 11) is 0. The minimum absolute atomic E-state index is 0.0675. The third-order valence-electron chi connectivity index (χ3n) is 7.49. The summed E-state index contributed by atoms with van der Waals surface area (Å²) in [5, 5.41) is 35.7. The lowest BCUT2D eigenvalue weighted by atomic mass is 9.86. The van der Waals surface area contributed by atoms with Gasteiger partial charge in [0.15, 0.2) is 0 Å². The highest BCUT2D eigenvalue weighted by Crippen LogP contribution is 2.37. The number of hydrogen-bond acceptors (Lipinski definition) is 7. The molecule has 2 atom stereocenters. The van der Waals surface area contributed by atoms with Crippen molar-refractivity contribution in [2.45, 2.75) is 32.9 Å². The summed E-state index contributed by atoms with van der Waals surface area (Å²) in [5.74, 6) is -1.51. The maximum Gasteiger partial charge on any atom is 0.311 e. The predicted molar refractivity (Wildman–Crippen MR) is 164 cm³/mol. The minimum atomic E-state index is -1.09. The number of aromatic nitrogens is 4. The SMILES string of the molecule is C[C@H](n1cc(C(Nc2cc(Cl)c3ncc(C#N)c(Nc4ccc(F)c(Cl)c4)c3c2)c2ccccc2)nn1)C(C)(C)C(=O)O. The second kappa shape index (κ2) is 11.9. The first-order valence-corrected chi connectivity index (χ1v) is 14.0. The number of anilines is 3. The molecule has 0 saturated heterocycles. The summed E-state index contributed by atoms with van der Waals surface area (Å²) in [4.78, 5) is 16.3. The van der Waals surface area contributed by atoms with E-state index in [1.807, 2.05) is 30.3 Å². The van der Waals surface area contributed by atoms with Gasteiger partial charge in [0.1, 0.15) is 17.6 Å². The van der Waals surface area contributed by atoms with Crippen LogP contribution in [0.1, 0.15) is 49.7 Å². The van der Waals surface area contributed by atoms with Crippen LogP contribution in [-0.2, 0) is 4.79 Å². The van der Waals surface area contributed by atoms with E-state index >= 15 is 0 Å². The summed E-state index contributed by atoms with van der Waals surface area (Å²) in [6, 6.07) is 18.4. The Labute approximate surface area is 256 Å². The summed E-state index contributed by atoms with van der Waals surface area (Å²) in [5.41, 5.74) is 2.54. The van der Waals surface area contributed by atoms with Crippen LogP contribution in [0, 0.1) is 22.6 Å². The van der Waals surface area contributed by atoms with Gasteiger partial charge in [-0.1, -0.05) is 58.7 Å². The monoisotopic (exact) mass is 617 g/mol. The maximum atomic E-state index is 13.8. The van der Waals surface area contributed by atoms with Crippen LogP contribution >= 0.6 is 23.2 Å². The van der Waals surface area contributed by atoms with Gasteiger partial charge in [0.05, 0.1) is 50.5 Å². The number of carboxylic acid groups (broad SMARTS) is 1. The van der Waals surface area contributed by atoms with E-state index in [0.29, 0.717) is 38.7 Å². The van der Waals surface area contributed by atoms with Crippen LogP contribution in [-0.4, -0.2) is 31.1 Å². The van der Waals surface area contributed by atoms with Crippen LogP contribution in [0.2, 0.25) is 10.0 Å². The van der Waals surface area contributed by atoms with Crippen LogP contribution in [0.3, 0.4) is 0 Å². The van der Waals surface area contributed by atoms with Crippen LogP contribution in [0.4, 0.5) is 21.5 Å². The number of pyridine rings is 1. The molecule has 9 nitrogen and oxygen atoms in total. The normalized spacial score (nSPS) is 12.9. The van der Waals surface area contributed by atoms with Crippen molar-refractivity contribution in [1.82, 2.24) is 20.0 Å². The van der Waals surface area contributed by atoms with Crippen LogP contribution in [0.25, 0.3) is 10.9 Å². The smallest absolute Gasteiger partial charge is 0.311 e. The van der Waals surface area contributed by atoms with Gasteiger partial charge in [0, 0.05) is 23.0 Å². The molecule has 2 aromatic heterocycles. The van der Waals surface area contributed by atoms with Gasteiger partial charge in [0.2, 0.25) is 0 Å². The Bertz CT molecular complexity index is 1870. The Hall–Kier alpha value is -4.72. The summed E-state index contributed by atoms with van der Waals surface area (Å²) in [6.45, 7) is 5.06. The molecule has 2 heterocycles. The van der Waals surface area contributed by atoms with E-state index in [0.717, 1.165) is 5.56 Å². The van der Waals surface area contributed by atoms with E-state index in [1.54, 1.807) is 43.8 Å². The summed E-state index contributed by atoms with van der Waals surface area (Å²) >= 11 is 12.7. The molecule has 0 spiro atoms. The molecule has 0 amide bonds. The molecular formula is C31H26Cl2FN7O2. The van der Waals surface area contributed by atoms with Crippen LogP contribution in [0.5, 0.6) is 0 Å². The quantitative estimate of drug-likeness (QED) is 0.153. The van der Waals surface area contributed by atoms with Crippen molar-refractivity contribution >= 4 is 57.1 Å². The number of aliphatic carboxylic acids is 1. The average molecular weight is 618 g/mol. The predicted octanol–water partition coefficient (Wildman–Crippen LogP) is 7.76. The number of fused-ring (bicyclic) bond motifs is 1. The maximum absolute atomic E-state index is 13.8. The molecule has 5 aromatic rings. The second-order valence-corrected chi connectivity index (χ2v) is 11.4. The molecule has 12 heteroatoms. The van der Waals surface area contributed by atoms with Gasteiger partial charge in [-0.25, -0.2) is 9.07 Å². The Morgan fingerprint density at radius 2 is 1.81 bits per heavy atom. The first kappa shape index (κ1) is 29.8. The van der Waals surface area contributed by atoms with E-state index < -0.39 is 29.3 Å². The Morgan fingerprint density at radius 3 is 2.49 bits per heavy atom. The molecule has 0 fully saturated rings. The van der Waals surface area contributed by atoms with Crippen molar-refractivity contribution in [3.63, 3.8) is 0 Å². The van der Waals surface area contributed by atoms with Crippen LogP contribution in [0.15, 0.2) is 73.1 Å². The molecule has 0 saturated carbocycles. The number of nitrogens with one attached hydrogen (secondary N) is 2. The molecule has 0 bridgehead atoms. The largest absolute Gasteiger partial charge is 0.481 e. The van der Waals surface area contributed by atoms with Crippen LogP contribution < -0.4 is 10.6 Å². The van der Waals surface area contributed by atoms with E-state index in [9.17, 15) is 19.6 Å². The molecule has 0 radical (unpaired) electrons. The van der Waals surface area contributed by atoms with Gasteiger partial charge >= 0.3 is 5.97 Å². The first-order valence-electron chi connectivity index (χ1n) is 13.2. The average Bonchev–Trinajstić information content (AvgIpc) is 3.48. The molecule has 43 heavy (non-hydrogen) atoms. The van der Waals surface area contributed by atoms with Gasteiger partial charge < -0.3 is 15.7 Å². The number of benzene rings is 3. The standard InChI is InChI=1S/C31H26Cl2FN7O2/c1-17(31(2,3)30(42)43)41-16-26(39-40-41)28(18-7-5-4-6-8-18)38-21-11-22-27(37-20-9-10-25(34)23(32)12-20)19(14-35)15-36-29(22)24(33)13-21/h4-13,15-17,28,38H,1-3H3,(H,36,37)(H,42,43)/t17-,28?/m0/s1. The molecule has 5 rings (SSSR count).